The minimum absolute atomic E-state index is 0.0246. The van der Waals surface area contributed by atoms with E-state index in [9.17, 15) is 9.59 Å². The highest BCUT2D eigenvalue weighted by atomic mass is 16.4. The molecule has 1 amide bonds. The standard InChI is InChI=1S/C22H22N6O3/c1-13-10-14(2)28(27-13)20-12-19(25-15(3)26-20)23-8-9-24-21(29)17-11-16-6-4-5-7-18(16)31-22(17)30/h4-7,10-12H,8-9H2,1-3H3,(H,24,29)(H,23,25,26). The molecule has 0 fully saturated rings. The van der Waals surface area contributed by atoms with Crippen molar-refractivity contribution < 1.29 is 9.21 Å². The van der Waals surface area contributed by atoms with Crippen LogP contribution in [0.3, 0.4) is 0 Å². The molecule has 0 saturated heterocycles. The van der Waals surface area contributed by atoms with Crippen LogP contribution in [0.1, 0.15) is 27.6 Å². The second-order valence-corrected chi connectivity index (χ2v) is 7.17. The second kappa shape index (κ2) is 8.39. The molecular weight excluding hydrogens is 396 g/mol. The van der Waals surface area contributed by atoms with Gasteiger partial charge in [-0.15, -0.1) is 0 Å². The zero-order valence-electron chi connectivity index (χ0n) is 17.5. The van der Waals surface area contributed by atoms with Gasteiger partial charge in [-0.2, -0.15) is 5.10 Å². The average Bonchev–Trinajstić information content (AvgIpc) is 3.08. The van der Waals surface area contributed by atoms with Gasteiger partial charge in [0.05, 0.1) is 5.69 Å². The number of fused-ring (bicyclic) bond motifs is 1. The van der Waals surface area contributed by atoms with Crippen LogP contribution in [-0.2, 0) is 0 Å². The van der Waals surface area contributed by atoms with Gasteiger partial charge in [-0.25, -0.2) is 19.4 Å². The van der Waals surface area contributed by atoms with E-state index in [1.165, 1.54) is 0 Å². The Kier molecular flexibility index (Phi) is 5.48. The molecule has 3 aromatic heterocycles. The zero-order valence-corrected chi connectivity index (χ0v) is 17.5. The highest BCUT2D eigenvalue weighted by Gasteiger charge is 2.13. The molecule has 0 unspecified atom stereocenters. The van der Waals surface area contributed by atoms with E-state index >= 15 is 0 Å². The lowest BCUT2D eigenvalue weighted by Crippen LogP contribution is -2.32. The van der Waals surface area contributed by atoms with Crippen molar-refractivity contribution in [3.05, 3.63) is 75.7 Å². The molecule has 0 spiro atoms. The number of nitrogens with zero attached hydrogens (tertiary/aromatic N) is 4. The van der Waals surface area contributed by atoms with Crippen molar-refractivity contribution in [1.29, 1.82) is 0 Å². The normalized spacial score (nSPS) is 10.9. The monoisotopic (exact) mass is 418 g/mol. The largest absolute Gasteiger partial charge is 0.422 e. The van der Waals surface area contributed by atoms with E-state index in [1.807, 2.05) is 26.0 Å². The molecule has 3 heterocycles. The summed E-state index contributed by atoms with van der Waals surface area (Å²) in [6.45, 7) is 6.40. The Balaban J connectivity index is 1.40. The number of para-hydroxylation sites is 1. The number of amides is 1. The molecule has 0 aliphatic carbocycles. The Hall–Kier alpha value is -4.01. The highest BCUT2D eigenvalue weighted by Crippen LogP contribution is 2.14. The van der Waals surface area contributed by atoms with Gasteiger partial charge >= 0.3 is 5.63 Å². The van der Waals surface area contributed by atoms with Crippen LogP contribution in [0.15, 0.2) is 51.7 Å². The van der Waals surface area contributed by atoms with Crippen molar-refractivity contribution in [1.82, 2.24) is 25.1 Å². The van der Waals surface area contributed by atoms with Crippen LogP contribution < -0.4 is 16.3 Å². The number of hydrogen-bond donors (Lipinski definition) is 2. The first-order chi connectivity index (χ1) is 14.9. The van der Waals surface area contributed by atoms with Crippen molar-refractivity contribution in [2.75, 3.05) is 18.4 Å². The number of nitrogens with one attached hydrogen (secondary N) is 2. The van der Waals surface area contributed by atoms with Gasteiger partial charge in [0.2, 0.25) is 0 Å². The summed E-state index contributed by atoms with van der Waals surface area (Å²) in [4.78, 5) is 33.3. The molecule has 0 aliphatic rings. The van der Waals surface area contributed by atoms with Crippen molar-refractivity contribution in [2.24, 2.45) is 0 Å². The summed E-state index contributed by atoms with van der Waals surface area (Å²) in [5.74, 6) is 1.40. The van der Waals surface area contributed by atoms with Gasteiger partial charge in [-0.1, -0.05) is 18.2 Å². The predicted octanol–water partition coefficient (Wildman–Crippen LogP) is 2.54. The molecule has 2 N–H and O–H groups in total. The Morgan fingerprint density at radius 2 is 1.87 bits per heavy atom. The Labute approximate surface area is 178 Å². The first-order valence-electron chi connectivity index (χ1n) is 9.85. The third kappa shape index (κ3) is 4.45. The summed E-state index contributed by atoms with van der Waals surface area (Å²) in [5, 5.41) is 11.0. The molecule has 9 heteroatoms. The van der Waals surface area contributed by atoms with E-state index in [2.05, 4.69) is 25.7 Å². The van der Waals surface area contributed by atoms with Crippen LogP contribution in [0.2, 0.25) is 0 Å². The van der Waals surface area contributed by atoms with E-state index in [4.69, 9.17) is 4.42 Å². The van der Waals surface area contributed by atoms with Crippen LogP contribution in [0.5, 0.6) is 0 Å². The van der Waals surface area contributed by atoms with Crippen molar-refractivity contribution in [3.63, 3.8) is 0 Å². The number of anilines is 1. The van der Waals surface area contributed by atoms with Gasteiger partial charge in [0.15, 0.2) is 5.82 Å². The maximum atomic E-state index is 12.4. The van der Waals surface area contributed by atoms with Crippen molar-refractivity contribution in [2.45, 2.75) is 20.8 Å². The second-order valence-electron chi connectivity index (χ2n) is 7.17. The highest BCUT2D eigenvalue weighted by molar-refractivity contribution is 5.96. The summed E-state index contributed by atoms with van der Waals surface area (Å²) in [6, 6.07) is 12.4. The molecule has 4 aromatic rings. The molecule has 0 bridgehead atoms. The average molecular weight is 418 g/mol. The summed E-state index contributed by atoms with van der Waals surface area (Å²) < 4.78 is 6.97. The quantitative estimate of drug-likeness (QED) is 0.365. The number of aryl methyl sites for hydroxylation is 3. The van der Waals surface area contributed by atoms with Crippen LogP contribution in [-0.4, -0.2) is 38.7 Å². The summed E-state index contributed by atoms with van der Waals surface area (Å²) in [5.41, 5.74) is 1.64. The molecule has 9 nitrogen and oxygen atoms in total. The SMILES string of the molecule is Cc1cc(C)n(-c2cc(NCCNC(=O)c3cc4ccccc4oc3=O)nc(C)n2)n1. The Bertz CT molecular complexity index is 1320. The van der Waals surface area contributed by atoms with Crippen LogP contribution in [0.25, 0.3) is 16.8 Å². The molecule has 0 saturated carbocycles. The summed E-state index contributed by atoms with van der Waals surface area (Å²) in [6.07, 6.45) is 0. The summed E-state index contributed by atoms with van der Waals surface area (Å²) in [7, 11) is 0. The van der Waals surface area contributed by atoms with Gasteiger partial charge in [-0.3, -0.25) is 4.79 Å². The number of rotatable bonds is 6. The Morgan fingerprint density at radius 1 is 1.06 bits per heavy atom. The van der Waals surface area contributed by atoms with Gasteiger partial charge in [-0.05, 0) is 39.0 Å². The van der Waals surface area contributed by atoms with Crippen LogP contribution >= 0.6 is 0 Å². The predicted molar refractivity (Wildman–Crippen MR) is 117 cm³/mol. The lowest BCUT2D eigenvalue weighted by Gasteiger charge is -2.10. The topological polar surface area (TPSA) is 115 Å². The maximum absolute atomic E-state index is 12.4. The molecule has 31 heavy (non-hydrogen) atoms. The fourth-order valence-corrected chi connectivity index (χ4v) is 3.29. The van der Waals surface area contributed by atoms with Gasteiger partial charge in [0.25, 0.3) is 5.91 Å². The van der Waals surface area contributed by atoms with Gasteiger partial charge in [0, 0.05) is 30.2 Å². The van der Waals surface area contributed by atoms with E-state index in [0.717, 1.165) is 11.4 Å². The van der Waals surface area contributed by atoms with Crippen LogP contribution in [0.4, 0.5) is 5.82 Å². The number of carbonyl (C=O) groups is 1. The number of aromatic nitrogens is 4. The first-order valence-corrected chi connectivity index (χ1v) is 9.85. The third-order valence-corrected chi connectivity index (χ3v) is 4.65. The number of carbonyl (C=O) groups excluding carboxylic acids is 1. The van der Waals surface area contributed by atoms with Crippen molar-refractivity contribution >= 4 is 22.7 Å². The first kappa shape index (κ1) is 20.3. The number of hydrogen-bond acceptors (Lipinski definition) is 7. The Morgan fingerprint density at radius 3 is 2.65 bits per heavy atom. The van der Waals surface area contributed by atoms with E-state index < -0.39 is 11.5 Å². The summed E-state index contributed by atoms with van der Waals surface area (Å²) >= 11 is 0. The fourth-order valence-electron chi connectivity index (χ4n) is 3.29. The van der Waals surface area contributed by atoms with E-state index in [0.29, 0.717) is 41.5 Å². The minimum Gasteiger partial charge on any atom is -0.422 e. The van der Waals surface area contributed by atoms with Gasteiger partial charge < -0.3 is 15.1 Å². The van der Waals surface area contributed by atoms with E-state index in [-0.39, 0.29) is 5.56 Å². The molecule has 4 rings (SSSR count). The van der Waals surface area contributed by atoms with Gasteiger partial charge in [0.1, 0.15) is 22.8 Å². The van der Waals surface area contributed by atoms with Crippen LogP contribution in [0, 0.1) is 20.8 Å². The molecule has 0 radical (unpaired) electrons. The lowest BCUT2D eigenvalue weighted by molar-refractivity contribution is 0.0951. The zero-order chi connectivity index (χ0) is 22.0. The molecular formula is C22H22N6O3. The minimum atomic E-state index is -0.662. The smallest absolute Gasteiger partial charge is 0.349 e. The molecule has 158 valence electrons. The maximum Gasteiger partial charge on any atom is 0.349 e. The molecule has 0 atom stereocenters. The number of benzene rings is 1. The lowest BCUT2D eigenvalue weighted by atomic mass is 10.2. The van der Waals surface area contributed by atoms with Crippen molar-refractivity contribution in [3.8, 4) is 5.82 Å². The molecule has 0 aliphatic heterocycles. The van der Waals surface area contributed by atoms with E-state index in [1.54, 1.807) is 41.9 Å². The molecule has 1 aromatic carbocycles. The fraction of sp³-hybridized carbons (Fsp3) is 0.227. The third-order valence-electron chi connectivity index (χ3n) is 4.65.